The van der Waals surface area contributed by atoms with Gasteiger partial charge in [-0.15, -0.1) is 0 Å². The monoisotopic (exact) mass is 453 g/mol. The van der Waals surface area contributed by atoms with E-state index in [9.17, 15) is 9.59 Å². The Morgan fingerprint density at radius 1 is 1.28 bits per heavy atom. The Kier molecular flexibility index (Phi) is 5.62. The predicted octanol–water partition coefficient (Wildman–Crippen LogP) is 4.82. The molecule has 1 fully saturated rings. The summed E-state index contributed by atoms with van der Waals surface area (Å²) in [6, 6.07) is 11.7. The molecule has 0 N–H and O–H groups in total. The maximum atomic E-state index is 12.2. The minimum atomic E-state index is -0.362. The van der Waals surface area contributed by atoms with Crippen molar-refractivity contribution in [2.75, 3.05) is 31.7 Å². The first-order valence-electron chi connectivity index (χ1n) is 11.4. The standard InChI is InChI=1S/C26H28ClNO4/c1-31-25(30)18-6-9-24-23(12-18)28(13-19-4-5-20(19)14-29)15-26(16-32-24)10-2-3-17-11-21(27)7-8-22(17)26/h6-9,11-12,14,19-20H,2-5,10,13,15-16H2,1H3. The second-order valence-corrected chi connectivity index (χ2v) is 9.85. The molecule has 0 bridgehead atoms. The van der Waals surface area contributed by atoms with Gasteiger partial charge >= 0.3 is 5.97 Å². The van der Waals surface area contributed by atoms with Crippen LogP contribution in [0.2, 0.25) is 5.02 Å². The first kappa shape index (κ1) is 21.3. The molecular weight excluding hydrogens is 426 g/mol. The minimum Gasteiger partial charge on any atom is -0.490 e. The fourth-order valence-corrected chi connectivity index (χ4v) is 5.84. The van der Waals surface area contributed by atoms with Gasteiger partial charge in [-0.1, -0.05) is 17.7 Å². The number of anilines is 1. The number of hydrogen-bond acceptors (Lipinski definition) is 5. The van der Waals surface area contributed by atoms with Gasteiger partial charge in [-0.25, -0.2) is 4.79 Å². The van der Waals surface area contributed by atoms with E-state index in [1.54, 1.807) is 6.07 Å². The maximum absolute atomic E-state index is 12.2. The number of carbonyl (C=O) groups is 2. The lowest BCUT2D eigenvalue weighted by molar-refractivity contribution is -0.115. The zero-order valence-electron chi connectivity index (χ0n) is 18.3. The molecule has 0 radical (unpaired) electrons. The van der Waals surface area contributed by atoms with Crippen molar-refractivity contribution in [1.82, 2.24) is 0 Å². The van der Waals surface area contributed by atoms with Crippen molar-refractivity contribution in [1.29, 1.82) is 0 Å². The fraction of sp³-hybridized carbons (Fsp3) is 0.462. The minimum absolute atomic E-state index is 0.111. The Labute approximate surface area is 193 Å². The van der Waals surface area contributed by atoms with Crippen LogP contribution in [0.25, 0.3) is 0 Å². The van der Waals surface area contributed by atoms with Gasteiger partial charge in [0.25, 0.3) is 0 Å². The van der Waals surface area contributed by atoms with E-state index < -0.39 is 0 Å². The molecule has 3 aliphatic rings. The number of carbonyl (C=O) groups excluding carboxylic acids is 2. The highest BCUT2D eigenvalue weighted by atomic mass is 35.5. The molecule has 0 amide bonds. The van der Waals surface area contributed by atoms with E-state index in [0.717, 1.165) is 67.9 Å². The maximum Gasteiger partial charge on any atom is 0.337 e. The van der Waals surface area contributed by atoms with Crippen LogP contribution in [0, 0.1) is 11.8 Å². The zero-order chi connectivity index (χ0) is 22.3. The number of ether oxygens (including phenoxy) is 2. The summed E-state index contributed by atoms with van der Waals surface area (Å²) in [6.07, 6.45) is 6.23. The van der Waals surface area contributed by atoms with Crippen molar-refractivity contribution < 1.29 is 19.1 Å². The predicted molar refractivity (Wildman–Crippen MR) is 124 cm³/mol. The van der Waals surface area contributed by atoms with Crippen LogP contribution in [0.3, 0.4) is 0 Å². The van der Waals surface area contributed by atoms with Gasteiger partial charge in [-0.2, -0.15) is 0 Å². The molecule has 2 aromatic rings. The summed E-state index contributed by atoms with van der Waals surface area (Å²) in [5.41, 5.74) is 3.85. The van der Waals surface area contributed by atoms with Gasteiger partial charge in [0.15, 0.2) is 0 Å². The molecule has 168 valence electrons. The molecule has 1 aliphatic heterocycles. The van der Waals surface area contributed by atoms with Crippen molar-refractivity contribution >= 4 is 29.5 Å². The van der Waals surface area contributed by atoms with Crippen LogP contribution in [0.15, 0.2) is 36.4 Å². The van der Waals surface area contributed by atoms with Crippen molar-refractivity contribution in [3.63, 3.8) is 0 Å². The van der Waals surface area contributed by atoms with Crippen LogP contribution < -0.4 is 9.64 Å². The average molecular weight is 454 g/mol. The number of fused-ring (bicyclic) bond motifs is 3. The Hall–Kier alpha value is -2.53. The zero-order valence-corrected chi connectivity index (χ0v) is 19.1. The average Bonchev–Trinajstić information content (AvgIpc) is 2.93. The van der Waals surface area contributed by atoms with Gasteiger partial charge in [0.1, 0.15) is 12.0 Å². The van der Waals surface area contributed by atoms with Gasteiger partial charge in [0.05, 0.1) is 25.0 Å². The van der Waals surface area contributed by atoms with E-state index in [2.05, 4.69) is 17.0 Å². The third kappa shape index (κ3) is 3.66. The lowest BCUT2D eigenvalue weighted by atomic mass is 9.69. The van der Waals surface area contributed by atoms with Crippen molar-refractivity contribution in [2.45, 2.75) is 37.5 Å². The lowest BCUT2D eigenvalue weighted by Gasteiger charge is -2.43. The van der Waals surface area contributed by atoms with E-state index in [-0.39, 0.29) is 17.3 Å². The molecule has 2 aliphatic carbocycles. The summed E-state index contributed by atoms with van der Waals surface area (Å²) in [7, 11) is 1.39. The van der Waals surface area contributed by atoms with Gasteiger partial charge in [-0.05, 0) is 79.5 Å². The smallest absolute Gasteiger partial charge is 0.337 e. The second-order valence-electron chi connectivity index (χ2n) is 9.42. The number of halogens is 1. The van der Waals surface area contributed by atoms with Crippen molar-refractivity contribution in [2.24, 2.45) is 11.8 Å². The number of hydrogen-bond donors (Lipinski definition) is 0. The Balaban J connectivity index is 1.56. The quantitative estimate of drug-likeness (QED) is 0.490. The molecule has 3 unspecified atom stereocenters. The molecule has 5 rings (SSSR count). The Morgan fingerprint density at radius 3 is 2.91 bits per heavy atom. The molecule has 0 saturated heterocycles. The summed E-state index contributed by atoms with van der Waals surface area (Å²) >= 11 is 6.31. The van der Waals surface area contributed by atoms with Gasteiger partial charge in [0, 0.05) is 29.4 Å². The molecule has 2 aromatic carbocycles. The highest BCUT2D eigenvalue weighted by Gasteiger charge is 2.43. The first-order chi connectivity index (χ1) is 15.5. The number of rotatable bonds is 4. The Bertz CT molecular complexity index is 1050. The summed E-state index contributed by atoms with van der Waals surface area (Å²) < 4.78 is 11.4. The molecule has 5 nitrogen and oxygen atoms in total. The van der Waals surface area contributed by atoms with Crippen LogP contribution in [0.1, 0.15) is 47.2 Å². The molecule has 1 heterocycles. The number of nitrogens with zero attached hydrogens (tertiary/aromatic N) is 1. The van der Waals surface area contributed by atoms with Crippen molar-refractivity contribution in [3.05, 3.63) is 58.1 Å². The molecule has 1 spiro atoms. The number of benzene rings is 2. The normalized spacial score (nSPS) is 26.2. The van der Waals surface area contributed by atoms with Gasteiger partial charge < -0.3 is 19.2 Å². The molecule has 0 aromatic heterocycles. The molecular formula is C26H28ClNO4. The molecule has 1 saturated carbocycles. The van der Waals surface area contributed by atoms with Crippen LogP contribution in [0.5, 0.6) is 5.75 Å². The summed E-state index contributed by atoms with van der Waals surface area (Å²) in [6.45, 7) is 2.13. The lowest BCUT2D eigenvalue weighted by Crippen LogP contribution is -2.48. The number of aryl methyl sites for hydroxylation is 1. The van der Waals surface area contributed by atoms with E-state index in [1.807, 2.05) is 18.2 Å². The van der Waals surface area contributed by atoms with Crippen LogP contribution >= 0.6 is 11.6 Å². The number of esters is 1. The van der Waals surface area contributed by atoms with Crippen LogP contribution in [-0.4, -0.2) is 39.1 Å². The molecule has 32 heavy (non-hydrogen) atoms. The third-order valence-electron chi connectivity index (χ3n) is 7.56. The summed E-state index contributed by atoms with van der Waals surface area (Å²) in [5.74, 6) is 0.849. The van der Waals surface area contributed by atoms with E-state index in [1.165, 1.54) is 18.2 Å². The van der Waals surface area contributed by atoms with E-state index in [0.29, 0.717) is 18.1 Å². The largest absolute Gasteiger partial charge is 0.490 e. The number of aldehydes is 1. The van der Waals surface area contributed by atoms with Gasteiger partial charge in [-0.3, -0.25) is 0 Å². The topological polar surface area (TPSA) is 55.8 Å². The highest BCUT2D eigenvalue weighted by Crippen LogP contribution is 2.46. The van der Waals surface area contributed by atoms with Crippen LogP contribution in [0.4, 0.5) is 5.69 Å². The van der Waals surface area contributed by atoms with Gasteiger partial charge in [0.2, 0.25) is 0 Å². The van der Waals surface area contributed by atoms with E-state index in [4.69, 9.17) is 21.1 Å². The fourth-order valence-electron chi connectivity index (χ4n) is 5.64. The highest BCUT2D eigenvalue weighted by molar-refractivity contribution is 6.30. The molecule has 6 heteroatoms. The summed E-state index contributed by atoms with van der Waals surface area (Å²) in [4.78, 5) is 26.1. The third-order valence-corrected chi connectivity index (χ3v) is 7.80. The SMILES string of the molecule is COC(=O)c1ccc2c(c1)N(CC1CCC1C=O)CC1(CCCc3cc(Cl)ccc31)CO2. The molecule has 3 atom stereocenters. The summed E-state index contributed by atoms with van der Waals surface area (Å²) in [5, 5.41) is 0.765. The Morgan fingerprint density at radius 2 is 2.16 bits per heavy atom. The number of methoxy groups -OCH3 is 1. The second kappa shape index (κ2) is 8.43. The van der Waals surface area contributed by atoms with E-state index >= 15 is 0 Å². The van der Waals surface area contributed by atoms with Crippen LogP contribution in [-0.2, 0) is 21.4 Å². The van der Waals surface area contributed by atoms with Crippen molar-refractivity contribution in [3.8, 4) is 5.75 Å². The first-order valence-corrected chi connectivity index (χ1v) is 11.7.